The molecule has 8 nitrogen and oxygen atoms in total. The number of pyridine rings is 1. The molecule has 12 heteroatoms. The Labute approximate surface area is 190 Å². The van der Waals surface area contributed by atoms with E-state index in [1.807, 2.05) is 6.07 Å². The van der Waals surface area contributed by atoms with E-state index >= 15 is 0 Å². The van der Waals surface area contributed by atoms with E-state index in [-0.39, 0.29) is 5.56 Å². The number of alkyl halides is 3. The van der Waals surface area contributed by atoms with Crippen LogP contribution in [0.15, 0.2) is 42.7 Å². The average Bonchev–Trinajstić information content (AvgIpc) is 3.42. The van der Waals surface area contributed by atoms with E-state index in [9.17, 15) is 13.2 Å². The predicted octanol–water partition coefficient (Wildman–Crippen LogP) is 4.03. The van der Waals surface area contributed by atoms with Gasteiger partial charge in [0.1, 0.15) is 10.8 Å². The smallest absolute Gasteiger partial charge is 0.383 e. The van der Waals surface area contributed by atoms with Crippen LogP contribution in [0.3, 0.4) is 0 Å². The van der Waals surface area contributed by atoms with Gasteiger partial charge in [-0.2, -0.15) is 23.5 Å². The lowest BCUT2D eigenvalue weighted by atomic mass is 10.1. The molecule has 0 bridgehead atoms. The number of benzene rings is 1. The molecule has 1 fully saturated rings. The van der Waals surface area contributed by atoms with E-state index in [0.29, 0.717) is 21.2 Å². The molecule has 0 unspecified atom stereocenters. The number of nitrogen functional groups attached to an aromatic ring is 1. The third-order valence-corrected chi connectivity index (χ3v) is 5.58. The molecule has 4 aromatic rings. The minimum absolute atomic E-state index is 0.209. The molecule has 170 valence electrons. The molecule has 0 aliphatic carbocycles. The van der Waals surface area contributed by atoms with E-state index in [2.05, 4.69) is 15.1 Å². The first kappa shape index (κ1) is 22.7. The standard InChI is InChI=1S/C17H9F3N6S.C4H8O2/c18-17(19,20)12-5-11(7-23-14(12)22)13-8-24-16-26(13)25-15(27-16)10-3-1-9(6-21)2-4-10;1-2-6-4-3-5-1/h1-5,7-8H,(H2,22,23);1-4H2. The van der Waals surface area contributed by atoms with Gasteiger partial charge in [0.15, 0.2) is 0 Å². The SMILES string of the molecule is C1COCCO1.N#Cc1ccc(-c2nn3c(-c4cnc(N)c(C(F)(F)F)c4)cnc3s2)cc1. The van der Waals surface area contributed by atoms with Gasteiger partial charge < -0.3 is 15.2 Å². The second-order valence-corrected chi connectivity index (χ2v) is 7.77. The maximum Gasteiger partial charge on any atom is 0.419 e. The summed E-state index contributed by atoms with van der Waals surface area (Å²) in [4.78, 5) is 8.39. The van der Waals surface area contributed by atoms with Gasteiger partial charge in [-0.15, -0.1) is 0 Å². The molecular weight excluding hydrogens is 457 g/mol. The van der Waals surface area contributed by atoms with Crippen molar-refractivity contribution in [2.45, 2.75) is 6.18 Å². The Morgan fingerprint density at radius 1 is 1.00 bits per heavy atom. The summed E-state index contributed by atoms with van der Waals surface area (Å²) in [6, 6.07) is 9.81. The van der Waals surface area contributed by atoms with Crippen molar-refractivity contribution in [2.24, 2.45) is 0 Å². The van der Waals surface area contributed by atoms with Crippen LogP contribution in [-0.2, 0) is 15.7 Å². The van der Waals surface area contributed by atoms with Crippen molar-refractivity contribution in [1.29, 1.82) is 5.26 Å². The highest BCUT2D eigenvalue weighted by Crippen LogP contribution is 2.36. The molecule has 1 saturated heterocycles. The van der Waals surface area contributed by atoms with Gasteiger partial charge in [0.25, 0.3) is 0 Å². The monoisotopic (exact) mass is 474 g/mol. The first-order chi connectivity index (χ1) is 15.9. The number of nitriles is 1. The van der Waals surface area contributed by atoms with Gasteiger partial charge in [-0.3, -0.25) is 0 Å². The Hall–Kier alpha value is -3.53. The molecule has 0 saturated carbocycles. The van der Waals surface area contributed by atoms with Crippen LogP contribution < -0.4 is 5.73 Å². The maximum atomic E-state index is 13.1. The second-order valence-electron chi connectivity index (χ2n) is 6.81. The number of anilines is 1. The highest BCUT2D eigenvalue weighted by Gasteiger charge is 2.34. The molecule has 3 aromatic heterocycles. The third kappa shape index (κ3) is 5.11. The molecule has 5 rings (SSSR count). The summed E-state index contributed by atoms with van der Waals surface area (Å²) in [5.74, 6) is -0.580. The Morgan fingerprint density at radius 2 is 1.67 bits per heavy atom. The van der Waals surface area contributed by atoms with Gasteiger partial charge in [0, 0.05) is 17.3 Å². The molecule has 1 aliphatic heterocycles. The molecule has 1 aliphatic rings. The fourth-order valence-corrected chi connectivity index (χ4v) is 3.86. The minimum atomic E-state index is -4.60. The van der Waals surface area contributed by atoms with E-state index in [1.165, 1.54) is 28.2 Å². The number of imidazole rings is 1. The number of halogens is 3. The van der Waals surface area contributed by atoms with Crippen LogP contribution in [0, 0.1) is 11.3 Å². The molecule has 2 N–H and O–H groups in total. The summed E-state index contributed by atoms with van der Waals surface area (Å²) >= 11 is 1.28. The zero-order valence-electron chi connectivity index (χ0n) is 17.0. The van der Waals surface area contributed by atoms with E-state index in [0.717, 1.165) is 38.1 Å². The number of ether oxygens (including phenoxy) is 2. The number of fused-ring (bicyclic) bond motifs is 1. The van der Waals surface area contributed by atoms with Gasteiger partial charge >= 0.3 is 6.18 Å². The summed E-state index contributed by atoms with van der Waals surface area (Å²) in [5.41, 5.74) is 6.24. The van der Waals surface area contributed by atoms with Crippen molar-refractivity contribution in [3.8, 4) is 27.9 Å². The lowest BCUT2D eigenvalue weighted by Gasteiger charge is -2.10. The lowest BCUT2D eigenvalue weighted by molar-refractivity contribution is -0.137. The van der Waals surface area contributed by atoms with Crippen molar-refractivity contribution in [3.05, 3.63) is 53.9 Å². The normalized spacial score (nSPS) is 13.9. The van der Waals surface area contributed by atoms with Crippen molar-refractivity contribution < 1.29 is 22.6 Å². The first-order valence-corrected chi connectivity index (χ1v) is 10.5. The average molecular weight is 474 g/mol. The Bertz CT molecular complexity index is 1280. The van der Waals surface area contributed by atoms with E-state index in [4.69, 9.17) is 20.5 Å². The van der Waals surface area contributed by atoms with Crippen molar-refractivity contribution in [2.75, 3.05) is 32.2 Å². The predicted molar refractivity (Wildman–Crippen MR) is 115 cm³/mol. The van der Waals surface area contributed by atoms with Crippen molar-refractivity contribution in [1.82, 2.24) is 19.6 Å². The van der Waals surface area contributed by atoms with Gasteiger partial charge in [0.05, 0.1) is 55.5 Å². The van der Waals surface area contributed by atoms with Crippen LogP contribution in [0.2, 0.25) is 0 Å². The fourth-order valence-electron chi connectivity index (χ4n) is 2.98. The Balaban J connectivity index is 0.000000376. The third-order valence-electron chi connectivity index (χ3n) is 4.61. The maximum absolute atomic E-state index is 13.1. The van der Waals surface area contributed by atoms with E-state index < -0.39 is 17.6 Å². The minimum Gasteiger partial charge on any atom is -0.383 e. The van der Waals surface area contributed by atoms with Gasteiger partial charge in [0.2, 0.25) is 4.96 Å². The zero-order chi connectivity index (χ0) is 23.4. The van der Waals surface area contributed by atoms with Crippen LogP contribution in [0.4, 0.5) is 19.0 Å². The Kier molecular flexibility index (Phi) is 6.55. The molecular formula is C21H17F3N6O2S. The lowest BCUT2D eigenvalue weighted by Crippen LogP contribution is -2.16. The molecule has 0 amide bonds. The Morgan fingerprint density at radius 3 is 2.24 bits per heavy atom. The summed E-state index contributed by atoms with van der Waals surface area (Å²) in [6.45, 7) is 3.11. The second kappa shape index (κ2) is 9.53. The zero-order valence-corrected chi connectivity index (χ0v) is 17.9. The largest absolute Gasteiger partial charge is 0.419 e. The number of nitrogens with two attached hydrogens (primary N) is 1. The topological polar surface area (TPSA) is 111 Å². The van der Waals surface area contributed by atoms with Gasteiger partial charge in [-0.25, -0.2) is 14.5 Å². The van der Waals surface area contributed by atoms with Gasteiger partial charge in [-0.05, 0) is 18.2 Å². The summed E-state index contributed by atoms with van der Waals surface area (Å²) < 4.78 is 50.6. The first-order valence-electron chi connectivity index (χ1n) is 9.70. The number of aromatic nitrogens is 4. The number of hydrogen-bond acceptors (Lipinski definition) is 8. The molecule has 0 spiro atoms. The number of nitrogens with zero attached hydrogens (tertiary/aromatic N) is 5. The fraction of sp³-hybridized carbons (Fsp3) is 0.238. The summed E-state index contributed by atoms with van der Waals surface area (Å²) in [7, 11) is 0. The quantitative estimate of drug-likeness (QED) is 0.467. The number of hydrogen-bond donors (Lipinski definition) is 1. The van der Waals surface area contributed by atoms with E-state index in [1.54, 1.807) is 24.3 Å². The summed E-state index contributed by atoms with van der Waals surface area (Å²) in [5, 5.41) is 13.9. The highest BCUT2D eigenvalue weighted by molar-refractivity contribution is 7.19. The summed E-state index contributed by atoms with van der Waals surface area (Å²) in [6.07, 6.45) is -1.91. The highest BCUT2D eigenvalue weighted by atomic mass is 32.1. The van der Waals surface area contributed by atoms with Gasteiger partial charge in [-0.1, -0.05) is 23.5 Å². The van der Waals surface area contributed by atoms with Crippen LogP contribution >= 0.6 is 11.3 Å². The molecule has 0 radical (unpaired) electrons. The van der Waals surface area contributed by atoms with Crippen LogP contribution in [0.5, 0.6) is 0 Å². The molecule has 33 heavy (non-hydrogen) atoms. The number of rotatable bonds is 2. The van der Waals surface area contributed by atoms with Crippen molar-refractivity contribution >= 4 is 22.1 Å². The van der Waals surface area contributed by atoms with Crippen LogP contribution in [0.1, 0.15) is 11.1 Å². The van der Waals surface area contributed by atoms with Crippen molar-refractivity contribution in [3.63, 3.8) is 0 Å². The molecule has 1 aromatic carbocycles. The molecule has 0 atom stereocenters. The molecule has 4 heterocycles. The van der Waals surface area contributed by atoms with Crippen LogP contribution in [-0.4, -0.2) is 46.0 Å². The van der Waals surface area contributed by atoms with Crippen LogP contribution in [0.25, 0.3) is 26.8 Å².